The van der Waals surface area contributed by atoms with Gasteiger partial charge in [0.25, 0.3) is 11.8 Å². The van der Waals surface area contributed by atoms with Gasteiger partial charge in [-0.25, -0.2) is 0 Å². The van der Waals surface area contributed by atoms with E-state index >= 15 is 0 Å². The van der Waals surface area contributed by atoms with Gasteiger partial charge in [-0.2, -0.15) is 0 Å². The molecule has 0 atom stereocenters. The van der Waals surface area contributed by atoms with Crippen molar-refractivity contribution in [1.82, 2.24) is 9.80 Å². The van der Waals surface area contributed by atoms with Gasteiger partial charge in [0.1, 0.15) is 11.4 Å². The number of fused-ring (bicyclic) bond motifs is 1. The number of carbonyl (C=O) groups excluding carboxylic acids is 2. The molecule has 0 saturated carbocycles. The van der Waals surface area contributed by atoms with Crippen LogP contribution in [0.2, 0.25) is 5.02 Å². The molecule has 2 heterocycles. The summed E-state index contributed by atoms with van der Waals surface area (Å²) in [5.41, 5.74) is 4.80. The fourth-order valence-electron chi connectivity index (χ4n) is 4.57. The summed E-state index contributed by atoms with van der Waals surface area (Å²) < 4.78 is 5.45. The van der Waals surface area contributed by atoms with E-state index in [2.05, 4.69) is 12.1 Å². The molecule has 6 heteroatoms. The fourth-order valence-corrected chi connectivity index (χ4v) is 4.69. The topological polar surface area (TPSA) is 49.9 Å². The highest BCUT2D eigenvalue weighted by molar-refractivity contribution is 6.36. The minimum absolute atomic E-state index is 0.146. The average molecular weight is 459 g/mol. The highest BCUT2D eigenvalue weighted by atomic mass is 35.5. The van der Waals surface area contributed by atoms with Crippen molar-refractivity contribution >= 4 is 29.0 Å². The van der Waals surface area contributed by atoms with Crippen molar-refractivity contribution in [1.29, 1.82) is 0 Å². The van der Waals surface area contributed by atoms with E-state index in [0.717, 1.165) is 12.0 Å². The van der Waals surface area contributed by atoms with Crippen LogP contribution >= 0.6 is 11.6 Å². The second kappa shape index (κ2) is 8.75. The van der Waals surface area contributed by atoms with Crippen molar-refractivity contribution in [2.24, 2.45) is 0 Å². The Balaban J connectivity index is 1.56. The summed E-state index contributed by atoms with van der Waals surface area (Å²) in [6, 6.07) is 22.8. The lowest BCUT2D eigenvalue weighted by atomic mass is 9.98. The smallest absolute Gasteiger partial charge is 0.278 e. The Labute approximate surface area is 197 Å². The molecule has 0 radical (unpaired) electrons. The average Bonchev–Trinajstić information content (AvgIpc) is 3.09. The van der Waals surface area contributed by atoms with Gasteiger partial charge in [0, 0.05) is 23.7 Å². The summed E-state index contributed by atoms with van der Waals surface area (Å²) in [5.74, 6) is 0.0591. The standard InChI is InChI=1S/C27H23ClN2O3/c1-33-23-9-5-4-8-21(23)17-30-26(31)24(19-10-12-22(28)13-11-19)25(27(30)32)29-15-14-18-6-2-3-7-20(18)16-29/h2-13H,14-17H2,1H3. The number of hydrogen-bond acceptors (Lipinski definition) is 4. The highest BCUT2D eigenvalue weighted by Gasteiger charge is 2.42. The maximum absolute atomic E-state index is 13.7. The quantitative estimate of drug-likeness (QED) is 0.520. The first-order valence-electron chi connectivity index (χ1n) is 10.9. The van der Waals surface area contributed by atoms with E-state index < -0.39 is 0 Å². The van der Waals surface area contributed by atoms with E-state index in [9.17, 15) is 9.59 Å². The molecular formula is C27H23ClN2O3. The molecule has 0 aliphatic carbocycles. The molecule has 2 amide bonds. The van der Waals surface area contributed by atoms with Crippen LogP contribution in [0.5, 0.6) is 5.75 Å². The Kier molecular flexibility index (Phi) is 5.65. The number of methoxy groups -OCH3 is 1. The van der Waals surface area contributed by atoms with Crippen LogP contribution in [-0.4, -0.2) is 35.3 Å². The SMILES string of the molecule is COc1ccccc1CN1C(=O)C(c2ccc(Cl)cc2)=C(N2CCc3ccccc3C2)C1=O. The first-order chi connectivity index (χ1) is 16.1. The third kappa shape index (κ3) is 3.89. The molecule has 0 fully saturated rings. The number of carbonyl (C=O) groups is 2. The number of amides is 2. The third-order valence-electron chi connectivity index (χ3n) is 6.24. The molecule has 0 aromatic heterocycles. The van der Waals surface area contributed by atoms with Crippen molar-refractivity contribution in [3.05, 3.63) is 106 Å². The lowest BCUT2D eigenvalue weighted by Crippen LogP contribution is -2.37. The predicted molar refractivity (Wildman–Crippen MR) is 127 cm³/mol. The minimum Gasteiger partial charge on any atom is -0.496 e. The van der Waals surface area contributed by atoms with Crippen LogP contribution in [0, 0.1) is 0 Å². The Morgan fingerprint density at radius 2 is 1.58 bits per heavy atom. The van der Waals surface area contributed by atoms with Gasteiger partial charge in [-0.05, 0) is 41.3 Å². The van der Waals surface area contributed by atoms with E-state index in [0.29, 0.717) is 40.7 Å². The number of imide groups is 1. The molecule has 0 unspecified atom stereocenters. The Morgan fingerprint density at radius 3 is 2.33 bits per heavy atom. The van der Waals surface area contributed by atoms with Gasteiger partial charge in [0.15, 0.2) is 0 Å². The van der Waals surface area contributed by atoms with Crippen molar-refractivity contribution in [2.75, 3.05) is 13.7 Å². The van der Waals surface area contributed by atoms with Crippen molar-refractivity contribution < 1.29 is 14.3 Å². The Morgan fingerprint density at radius 1 is 0.879 bits per heavy atom. The van der Waals surface area contributed by atoms with Gasteiger partial charge < -0.3 is 9.64 Å². The number of benzene rings is 3. The zero-order valence-electron chi connectivity index (χ0n) is 18.3. The maximum atomic E-state index is 13.7. The summed E-state index contributed by atoms with van der Waals surface area (Å²) in [5, 5.41) is 0.579. The molecular weight excluding hydrogens is 436 g/mol. The molecule has 0 bridgehead atoms. The summed E-state index contributed by atoms with van der Waals surface area (Å²) >= 11 is 6.09. The molecule has 166 valence electrons. The zero-order valence-corrected chi connectivity index (χ0v) is 19.0. The number of rotatable bonds is 5. The molecule has 3 aromatic carbocycles. The maximum Gasteiger partial charge on any atom is 0.278 e. The van der Waals surface area contributed by atoms with Crippen LogP contribution in [0.3, 0.4) is 0 Å². The second-order valence-electron chi connectivity index (χ2n) is 8.18. The minimum atomic E-state index is -0.304. The highest BCUT2D eigenvalue weighted by Crippen LogP contribution is 2.36. The Bertz CT molecular complexity index is 1270. The van der Waals surface area contributed by atoms with Crippen LogP contribution < -0.4 is 4.74 Å². The van der Waals surface area contributed by atoms with Crippen LogP contribution in [0.1, 0.15) is 22.3 Å². The van der Waals surface area contributed by atoms with Gasteiger partial charge in [-0.1, -0.05) is 66.2 Å². The van der Waals surface area contributed by atoms with Gasteiger partial charge in [-0.15, -0.1) is 0 Å². The molecule has 0 spiro atoms. The van der Waals surface area contributed by atoms with Crippen LogP contribution in [-0.2, 0) is 29.1 Å². The molecule has 5 nitrogen and oxygen atoms in total. The van der Waals surface area contributed by atoms with Crippen molar-refractivity contribution in [2.45, 2.75) is 19.5 Å². The van der Waals surface area contributed by atoms with E-state index in [1.165, 1.54) is 16.0 Å². The van der Waals surface area contributed by atoms with E-state index in [1.54, 1.807) is 31.4 Å². The van der Waals surface area contributed by atoms with Crippen molar-refractivity contribution in [3.63, 3.8) is 0 Å². The number of nitrogens with zero attached hydrogens (tertiary/aromatic N) is 2. The summed E-state index contributed by atoms with van der Waals surface area (Å²) in [7, 11) is 1.58. The second-order valence-corrected chi connectivity index (χ2v) is 8.62. The number of hydrogen-bond donors (Lipinski definition) is 0. The predicted octanol–water partition coefficient (Wildman–Crippen LogP) is 4.69. The van der Waals surface area contributed by atoms with E-state index in [4.69, 9.17) is 16.3 Å². The summed E-state index contributed by atoms with van der Waals surface area (Å²) in [6.07, 6.45) is 0.821. The molecule has 33 heavy (non-hydrogen) atoms. The molecule has 2 aliphatic rings. The fraction of sp³-hybridized carbons (Fsp3) is 0.185. The first kappa shape index (κ1) is 21.3. The monoisotopic (exact) mass is 458 g/mol. The van der Waals surface area contributed by atoms with Crippen molar-refractivity contribution in [3.8, 4) is 5.75 Å². The van der Waals surface area contributed by atoms with E-state index in [1.807, 2.05) is 41.3 Å². The van der Waals surface area contributed by atoms with Gasteiger partial charge in [0.05, 0.1) is 19.2 Å². The Hall–Kier alpha value is -3.57. The molecule has 3 aromatic rings. The summed E-state index contributed by atoms with van der Waals surface area (Å²) in [4.78, 5) is 30.7. The lowest BCUT2D eigenvalue weighted by Gasteiger charge is -2.31. The molecule has 0 N–H and O–H groups in total. The number of ether oxygens (including phenoxy) is 1. The van der Waals surface area contributed by atoms with Crippen LogP contribution in [0.25, 0.3) is 5.57 Å². The summed E-state index contributed by atoms with van der Waals surface area (Å²) in [6.45, 7) is 1.40. The number of halogens is 1. The lowest BCUT2D eigenvalue weighted by molar-refractivity contribution is -0.138. The third-order valence-corrected chi connectivity index (χ3v) is 6.50. The van der Waals surface area contributed by atoms with Gasteiger partial charge in [-0.3, -0.25) is 14.5 Å². The molecule has 5 rings (SSSR count). The zero-order chi connectivity index (χ0) is 22.9. The van der Waals surface area contributed by atoms with Gasteiger partial charge in [0.2, 0.25) is 0 Å². The molecule has 0 saturated heterocycles. The van der Waals surface area contributed by atoms with Crippen LogP contribution in [0.15, 0.2) is 78.5 Å². The number of para-hydroxylation sites is 1. The normalized spacial score (nSPS) is 15.8. The first-order valence-corrected chi connectivity index (χ1v) is 11.2. The largest absolute Gasteiger partial charge is 0.496 e. The molecule has 2 aliphatic heterocycles. The van der Waals surface area contributed by atoms with Crippen LogP contribution in [0.4, 0.5) is 0 Å². The van der Waals surface area contributed by atoms with E-state index in [-0.39, 0.29) is 18.4 Å². The van der Waals surface area contributed by atoms with Gasteiger partial charge >= 0.3 is 0 Å².